The van der Waals surface area contributed by atoms with Crippen LogP contribution in [0.3, 0.4) is 0 Å². The molecule has 0 spiro atoms. The second kappa shape index (κ2) is 5.17. The Kier molecular flexibility index (Phi) is 4.89. The van der Waals surface area contributed by atoms with Crippen molar-refractivity contribution in [2.75, 3.05) is 0 Å². The molecule has 0 amide bonds. The maximum atomic E-state index is 11.9. The van der Waals surface area contributed by atoms with E-state index in [0.29, 0.717) is 0 Å². The van der Waals surface area contributed by atoms with Gasteiger partial charge >= 0.3 is 5.97 Å². The lowest BCUT2D eigenvalue weighted by Gasteiger charge is -2.22. The molecule has 0 saturated heterocycles. The first-order valence-electron chi connectivity index (χ1n) is 5.84. The Labute approximate surface area is 105 Å². The zero-order valence-electron chi connectivity index (χ0n) is 12.0. The lowest BCUT2D eigenvalue weighted by molar-refractivity contribution is -0.152. The summed E-state index contributed by atoms with van der Waals surface area (Å²) in [6, 6.07) is 0. The summed E-state index contributed by atoms with van der Waals surface area (Å²) < 4.78 is 0. The lowest BCUT2D eigenvalue weighted by atomic mass is 9.85. The number of hydrogen-bond acceptors (Lipinski definition) is 2. The molecule has 0 heterocycles. The highest BCUT2D eigenvalue weighted by Gasteiger charge is 2.35. The van der Waals surface area contributed by atoms with E-state index in [1.165, 1.54) is 19.0 Å². The average Bonchev–Trinajstić information content (AvgIpc) is 2.14. The normalized spacial score (nSPS) is 14.3. The predicted octanol–water partition coefficient (Wildman–Crippen LogP) is 3.27. The second-order valence-electron chi connectivity index (χ2n) is 6.19. The number of hydrogen-bond donors (Lipinski definition) is 1. The van der Waals surface area contributed by atoms with E-state index in [2.05, 4.69) is 26.6 Å². The van der Waals surface area contributed by atoms with Crippen LogP contribution in [0.1, 0.15) is 34.1 Å². The van der Waals surface area contributed by atoms with E-state index in [-0.39, 0.29) is 12.2 Å². The molecule has 0 aromatic heterocycles. The van der Waals surface area contributed by atoms with Gasteiger partial charge in [0.25, 0.3) is 0 Å². The van der Waals surface area contributed by atoms with Crippen LogP contribution in [0.4, 0.5) is 0 Å². The van der Waals surface area contributed by atoms with Crippen molar-refractivity contribution in [2.45, 2.75) is 53.8 Å². The zero-order chi connectivity index (χ0) is 14.0. The molecular weight excluding hydrogens is 232 g/mol. The predicted molar refractivity (Wildman–Crippen MR) is 72.8 cm³/mol. The topological polar surface area (TPSA) is 54.4 Å². The maximum absolute atomic E-state index is 11.9. The number of allylic oxidation sites excluding steroid dienone is 2. The zero-order valence-corrected chi connectivity index (χ0v) is 13.0. The van der Waals surface area contributed by atoms with Crippen molar-refractivity contribution in [1.82, 2.24) is 0 Å². The quantitative estimate of drug-likeness (QED) is 0.606. The van der Waals surface area contributed by atoms with Crippen molar-refractivity contribution in [3.05, 3.63) is 10.8 Å². The van der Waals surface area contributed by atoms with Crippen molar-refractivity contribution < 1.29 is 14.7 Å². The van der Waals surface area contributed by atoms with E-state index >= 15 is 0 Å². The first-order chi connectivity index (χ1) is 7.40. The van der Waals surface area contributed by atoms with Gasteiger partial charge in [-0.15, -0.1) is 0 Å². The molecule has 0 fully saturated rings. The van der Waals surface area contributed by atoms with Gasteiger partial charge in [-0.2, -0.15) is 0 Å². The van der Waals surface area contributed by atoms with Crippen LogP contribution >= 0.6 is 0 Å². The van der Waals surface area contributed by atoms with Crippen LogP contribution in [0.5, 0.6) is 0 Å². The summed E-state index contributed by atoms with van der Waals surface area (Å²) in [6.07, 6.45) is 0.245. The SMILES string of the molecule is C/C(CC(=O)C(C)(C)C(=O)O)=C(/C)[Si](C)(C)C. The smallest absolute Gasteiger partial charge is 0.316 e. The van der Waals surface area contributed by atoms with Gasteiger partial charge in [-0.05, 0) is 27.7 Å². The van der Waals surface area contributed by atoms with Crippen LogP contribution in [0.15, 0.2) is 10.8 Å². The molecule has 0 aliphatic rings. The molecule has 98 valence electrons. The van der Waals surface area contributed by atoms with E-state index in [9.17, 15) is 9.59 Å². The number of ketones is 1. The molecule has 17 heavy (non-hydrogen) atoms. The van der Waals surface area contributed by atoms with Crippen molar-refractivity contribution in [3.63, 3.8) is 0 Å². The Bertz CT molecular complexity index is 359. The molecular formula is C13H24O3Si. The van der Waals surface area contributed by atoms with Gasteiger partial charge in [-0.25, -0.2) is 0 Å². The molecule has 0 radical (unpaired) electrons. The largest absolute Gasteiger partial charge is 0.481 e. The fraction of sp³-hybridized carbons (Fsp3) is 0.692. The van der Waals surface area contributed by atoms with Gasteiger partial charge in [0.1, 0.15) is 5.41 Å². The monoisotopic (exact) mass is 256 g/mol. The highest BCUT2D eigenvalue weighted by molar-refractivity contribution is 6.83. The molecule has 0 aromatic carbocycles. The van der Waals surface area contributed by atoms with E-state index in [4.69, 9.17) is 5.11 Å². The third-order valence-corrected chi connectivity index (χ3v) is 6.10. The summed E-state index contributed by atoms with van der Waals surface area (Å²) >= 11 is 0. The van der Waals surface area contributed by atoms with E-state index < -0.39 is 19.5 Å². The van der Waals surface area contributed by atoms with Gasteiger partial charge in [-0.1, -0.05) is 30.4 Å². The molecule has 0 bridgehead atoms. The van der Waals surface area contributed by atoms with Crippen molar-refractivity contribution >= 4 is 19.8 Å². The number of rotatable bonds is 5. The summed E-state index contributed by atoms with van der Waals surface area (Å²) in [6.45, 7) is 13.6. The molecule has 0 aromatic rings. The number of carboxylic acids is 1. The van der Waals surface area contributed by atoms with Gasteiger partial charge < -0.3 is 5.11 Å². The maximum Gasteiger partial charge on any atom is 0.316 e. The van der Waals surface area contributed by atoms with Gasteiger partial charge in [-0.3, -0.25) is 9.59 Å². The van der Waals surface area contributed by atoms with Crippen LogP contribution in [-0.4, -0.2) is 24.9 Å². The Morgan fingerprint density at radius 2 is 1.53 bits per heavy atom. The number of carbonyl (C=O) groups is 2. The molecule has 0 rings (SSSR count). The molecule has 0 aliphatic carbocycles. The molecule has 0 unspecified atom stereocenters. The van der Waals surface area contributed by atoms with Gasteiger partial charge in [0, 0.05) is 6.42 Å². The summed E-state index contributed by atoms with van der Waals surface area (Å²) in [4.78, 5) is 22.9. The van der Waals surface area contributed by atoms with E-state index in [1.807, 2.05) is 6.92 Å². The highest BCUT2D eigenvalue weighted by atomic mass is 28.3. The molecule has 3 nitrogen and oxygen atoms in total. The van der Waals surface area contributed by atoms with Gasteiger partial charge in [0.05, 0.1) is 8.07 Å². The van der Waals surface area contributed by atoms with Crippen molar-refractivity contribution in [2.24, 2.45) is 5.41 Å². The minimum atomic E-state index is -1.40. The number of carboxylic acid groups (broad SMARTS) is 1. The minimum absolute atomic E-state index is 0.222. The number of aliphatic carboxylic acids is 1. The van der Waals surface area contributed by atoms with Crippen LogP contribution in [0.2, 0.25) is 19.6 Å². The first-order valence-corrected chi connectivity index (χ1v) is 9.34. The van der Waals surface area contributed by atoms with Crippen molar-refractivity contribution in [1.29, 1.82) is 0 Å². The van der Waals surface area contributed by atoms with Crippen LogP contribution in [0, 0.1) is 5.41 Å². The molecule has 0 saturated carbocycles. The summed E-state index contributed by atoms with van der Waals surface area (Å²) in [5.41, 5.74) is -0.260. The Hall–Kier alpha value is -0.903. The molecule has 0 atom stereocenters. The van der Waals surface area contributed by atoms with E-state index in [1.54, 1.807) is 0 Å². The number of carbonyl (C=O) groups excluding carboxylic acids is 1. The van der Waals surface area contributed by atoms with E-state index in [0.717, 1.165) is 5.57 Å². The van der Waals surface area contributed by atoms with Crippen LogP contribution < -0.4 is 0 Å². The minimum Gasteiger partial charge on any atom is -0.481 e. The standard InChI is InChI=1S/C13H24O3Si/c1-9(10(2)17(5,6)7)8-11(14)13(3,4)12(15)16/h8H2,1-7H3,(H,15,16)/b10-9+. The molecule has 1 N–H and O–H groups in total. The van der Waals surface area contributed by atoms with Crippen molar-refractivity contribution in [3.8, 4) is 0 Å². The lowest BCUT2D eigenvalue weighted by Crippen LogP contribution is -2.34. The Balaban J connectivity index is 5.02. The highest BCUT2D eigenvalue weighted by Crippen LogP contribution is 2.25. The van der Waals surface area contributed by atoms with Crippen LogP contribution in [-0.2, 0) is 9.59 Å². The fourth-order valence-electron chi connectivity index (χ4n) is 1.35. The third kappa shape index (κ3) is 4.11. The number of Topliss-reactive ketones (excluding diaryl/α,β-unsaturated/α-hetero) is 1. The third-order valence-electron chi connectivity index (χ3n) is 3.42. The fourth-order valence-corrected chi connectivity index (χ4v) is 2.72. The van der Waals surface area contributed by atoms with Gasteiger partial charge in [0.2, 0.25) is 0 Å². The average molecular weight is 256 g/mol. The second-order valence-corrected chi connectivity index (χ2v) is 11.4. The first kappa shape index (κ1) is 16.1. The molecule has 4 heteroatoms. The summed E-state index contributed by atoms with van der Waals surface area (Å²) in [7, 11) is -1.40. The van der Waals surface area contributed by atoms with Gasteiger partial charge in [0.15, 0.2) is 5.78 Å². The summed E-state index contributed by atoms with van der Waals surface area (Å²) in [5, 5.41) is 10.3. The Morgan fingerprint density at radius 1 is 1.12 bits per heavy atom. The summed E-state index contributed by atoms with van der Waals surface area (Å²) in [5.74, 6) is -1.28. The molecule has 0 aliphatic heterocycles. The van der Waals surface area contributed by atoms with Crippen LogP contribution in [0.25, 0.3) is 0 Å². The Morgan fingerprint density at radius 3 is 1.82 bits per heavy atom.